The molecule has 3 aromatic rings. The fraction of sp³-hybridized carbons (Fsp3) is 0. The number of halogens is 3. The van der Waals surface area contributed by atoms with Gasteiger partial charge in [0, 0.05) is 0 Å². The smallest absolute Gasteiger partial charge is 0.259 e. The molecule has 0 atom stereocenters. The molecule has 0 radical (unpaired) electrons. The molecule has 0 aliphatic carbocycles. The lowest BCUT2D eigenvalue weighted by Gasteiger charge is -2.06. The Labute approximate surface area is 126 Å². The van der Waals surface area contributed by atoms with Gasteiger partial charge in [0.15, 0.2) is 0 Å². The Bertz CT molecular complexity index is 879. The zero-order valence-electron chi connectivity index (χ0n) is 9.95. The maximum atomic E-state index is 14.2. The van der Waals surface area contributed by atoms with Crippen molar-refractivity contribution in [3.63, 3.8) is 0 Å². The van der Waals surface area contributed by atoms with E-state index in [-0.39, 0.29) is 26.4 Å². The Kier molecular flexibility index (Phi) is 3.31. The second-order valence-corrected chi connectivity index (χ2v) is 5.35. The minimum Gasteiger partial charge on any atom is -0.306 e. The summed E-state index contributed by atoms with van der Waals surface area (Å²) < 4.78 is 14.3. The molecule has 0 amide bonds. The Hall–Kier alpha value is -1.72. The molecule has 0 spiro atoms. The predicted octanol–water partition coefficient (Wildman–Crippen LogP) is 4.15. The van der Waals surface area contributed by atoms with Crippen LogP contribution in [0, 0.1) is 5.82 Å². The zero-order valence-corrected chi connectivity index (χ0v) is 12.3. The maximum Gasteiger partial charge on any atom is 0.259 e. The van der Waals surface area contributed by atoms with E-state index in [1.165, 1.54) is 6.07 Å². The number of hydrogen-bond acceptors (Lipinski definition) is 2. The van der Waals surface area contributed by atoms with Gasteiger partial charge in [-0.1, -0.05) is 23.7 Å². The standard InChI is InChI=1S/C14H7BrClFN2O/c15-11-9(16)6-5-8(12(11)17)13-18-10-4-2-1-3-7(10)14(20)19-13/h1-6H,(H,18,19,20). The minimum absolute atomic E-state index is 0.146. The number of aromatic amines is 1. The highest BCUT2D eigenvalue weighted by Gasteiger charge is 2.14. The number of rotatable bonds is 1. The second kappa shape index (κ2) is 5.00. The molecule has 2 aromatic carbocycles. The first-order valence-corrected chi connectivity index (χ1v) is 6.88. The molecule has 0 aliphatic rings. The number of benzene rings is 2. The number of H-pyrrole nitrogens is 1. The highest BCUT2D eigenvalue weighted by Crippen LogP contribution is 2.31. The Morgan fingerprint density at radius 1 is 1.20 bits per heavy atom. The van der Waals surface area contributed by atoms with Crippen molar-refractivity contribution in [2.24, 2.45) is 0 Å². The summed E-state index contributed by atoms with van der Waals surface area (Å²) in [4.78, 5) is 18.8. The summed E-state index contributed by atoms with van der Waals surface area (Å²) in [6.45, 7) is 0. The summed E-state index contributed by atoms with van der Waals surface area (Å²) in [7, 11) is 0. The fourth-order valence-electron chi connectivity index (χ4n) is 1.92. The van der Waals surface area contributed by atoms with Crippen LogP contribution >= 0.6 is 27.5 Å². The molecular formula is C14H7BrClFN2O. The molecule has 0 unspecified atom stereocenters. The molecule has 20 heavy (non-hydrogen) atoms. The van der Waals surface area contributed by atoms with Crippen LogP contribution in [0.25, 0.3) is 22.3 Å². The highest BCUT2D eigenvalue weighted by molar-refractivity contribution is 9.10. The summed E-state index contributed by atoms with van der Waals surface area (Å²) in [5.74, 6) is -0.389. The van der Waals surface area contributed by atoms with Crippen molar-refractivity contribution in [2.45, 2.75) is 0 Å². The van der Waals surface area contributed by atoms with Crippen LogP contribution in [0.4, 0.5) is 4.39 Å². The quantitative estimate of drug-likeness (QED) is 0.668. The largest absolute Gasteiger partial charge is 0.306 e. The van der Waals surface area contributed by atoms with Crippen molar-refractivity contribution < 1.29 is 4.39 Å². The van der Waals surface area contributed by atoms with Crippen molar-refractivity contribution in [2.75, 3.05) is 0 Å². The Morgan fingerprint density at radius 3 is 2.75 bits per heavy atom. The lowest BCUT2D eigenvalue weighted by Crippen LogP contribution is -2.10. The molecule has 1 N–H and O–H groups in total. The number of nitrogens with zero attached hydrogens (tertiary/aromatic N) is 1. The molecule has 0 aliphatic heterocycles. The topological polar surface area (TPSA) is 45.8 Å². The average Bonchev–Trinajstić information content (AvgIpc) is 2.45. The minimum atomic E-state index is -0.559. The normalized spacial score (nSPS) is 10.9. The molecule has 6 heteroatoms. The van der Waals surface area contributed by atoms with Crippen LogP contribution in [0.2, 0.25) is 5.02 Å². The first-order chi connectivity index (χ1) is 9.58. The summed E-state index contributed by atoms with van der Waals surface area (Å²) in [6, 6.07) is 9.91. The van der Waals surface area contributed by atoms with E-state index in [0.717, 1.165) is 0 Å². The summed E-state index contributed by atoms with van der Waals surface area (Å²) >= 11 is 8.89. The van der Waals surface area contributed by atoms with Crippen LogP contribution in [-0.4, -0.2) is 9.97 Å². The summed E-state index contributed by atoms with van der Waals surface area (Å²) in [6.07, 6.45) is 0. The van der Waals surface area contributed by atoms with E-state index in [4.69, 9.17) is 11.6 Å². The second-order valence-electron chi connectivity index (χ2n) is 4.15. The van der Waals surface area contributed by atoms with Crippen molar-refractivity contribution in [1.82, 2.24) is 9.97 Å². The van der Waals surface area contributed by atoms with Gasteiger partial charge in [-0.25, -0.2) is 9.37 Å². The third-order valence-electron chi connectivity index (χ3n) is 2.90. The van der Waals surface area contributed by atoms with Crippen LogP contribution < -0.4 is 5.56 Å². The van der Waals surface area contributed by atoms with Gasteiger partial charge in [-0.15, -0.1) is 0 Å². The van der Waals surface area contributed by atoms with E-state index in [0.29, 0.717) is 10.9 Å². The molecule has 0 saturated carbocycles. The van der Waals surface area contributed by atoms with Crippen LogP contribution in [0.1, 0.15) is 0 Å². The van der Waals surface area contributed by atoms with Gasteiger partial charge in [0.1, 0.15) is 11.6 Å². The lowest BCUT2D eigenvalue weighted by molar-refractivity contribution is 0.623. The monoisotopic (exact) mass is 352 g/mol. The third kappa shape index (κ3) is 2.13. The van der Waals surface area contributed by atoms with Crippen molar-refractivity contribution in [1.29, 1.82) is 0 Å². The molecule has 0 saturated heterocycles. The van der Waals surface area contributed by atoms with Gasteiger partial charge >= 0.3 is 0 Å². The van der Waals surface area contributed by atoms with E-state index in [1.807, 2.05) is 0 Å². The van der Waals surface area contributed by atoms with Gasteiger partial charge in [-0.3, -0.25) is 4.79 Å². The van der Waals surface area contributed by atoms with Gasteiger partial charge in [-0.2, -0.15) is 0 Å². The van der Waals surface area contributed by atoms with Crippen LogP contribution in [0.15, 0.2) is 45.7 Å². The molecule has 0 bridgehead atoms. The molecule has 3 rings (SSSR count). The summed E-state index contributed by atoms with van der Waals surface area (Å²) in [5.41, 5.74) is 0.386. The average molecular weight is 354 g/mol. The SMILES string of the molecule is O=c1[nH]c(-c2ccc(Cl)c(Br)c2F)nc2ccccc12. The van der Waals surface area contributed by atoms with Crippen LogP contribution in [0.3, 0.4) is 0 Å². The van der Waals surface area contributed by atoms with Gasteiger partial charge in [0.05, 0.1) is 26.0 Å². The van der Waals surface area contributed by atoms with Gasteiger partial charge in [-0.05, 0) is 40.2 Å². The van der Waals surface area contributed by atoms with E-state index in [9.17, 15) is 9.18 Å². The molecular weight excluding hydrogens is 347 g/mol. The third-order valence-corrected chi connectivity index (χ3v) is 4.22. The van der Waals surface area contributed by atoms with Crippen LogP contribution in [-0.2, 0) is 0 Å². The Balaban J connectivity index is 2.31. The van der Waals surface area contributed by atoms with E-state index >= 15 is 0 Å². The molecule has 1 heterocycles. The van der Waals surface area contributed by atoms with E-state index in [2.05, 4.69) is 25.9 Å². The van der Waals surface area contributed by atoms with Gasteiger partial charge < -0.3 is 4.98 Å². The first kappa shape index (κ1) is 13.3. The number of fused-ring (bicyclic) bond motifs is 1. The van der Waals surface area contributed by atoms with Gasteiger partial charge in [0.2, 0.25) is 0 Å². The number of para-hydroxylation sites is 1. The predicted molar refractivity (Wildman–Crippen MR) is 80.5 cm³/mol. The first-order valence-electron chi connectivity index (χ1n) is 5.71. The lowest BCUT2D eigenvalue weighted by atomic mass is 10.2. The molecule has 0 fully saturated rings. The van der Waals surface area contributed by atoms with Crippen molar-refractivity contribution in [3.8, 4) is 11.4 Å². The fourth-order valence-corrected chi connectivity index (χ4v) is 2.41. The molecule has 3 nitrogen and oxygen atoms in total. The van der Waals surface area contributed by atoms with Crippen molar-refractivity contribution >= 4 is 38.4 Å². The Morgan fingerprint density at radius 2 is 1.95 bits per heavy atom. The molecule has 1 aromatic heterocycles. The zero-order chi connectivity index (χ0) is 14.3. The van der Waals surface area contributed by atoms with Gasteiger partial charge in [0.25, 0.3) is 5.56 Å². The summed E-state index contributed by atoms with van der Waals surface area (Å²) in [5, 5.41) is 0.721. The van der Waals surface area contributed by atoms with Crippen molar-refractivity contribution in [3.05, 3.63) is 62.1 Å². The molecule has 100 valence electrons. The highest BCUT2D eigenvalue weighted by atomic mass is 79.9. The van der Waals surface area contributed by atoms with E-state index in [1.54, 1.807) is 30.3 Å². The maximum absolute atomic E-state index is 14.2. The number of aromatic nitrogens is 2. The number of nitrogens with one attached hydrogen (secondary N) is 1. The van der Waals surface area contributed by atoms with E-state index < -0.39 is 5.82 Å². The van der Waals surface area contributed by atoms with Crippen LogP contribution in [0.5, 0.6) is 0 Å². The number of hydrogen-bond donors (Lipinski definition) is 1.